The maximum Gasteiger partial charge on any atom is 0.338 e. The third-order valence-electron chi connectivity index (χ3n) is 6.61. The zero-order valence-corrected chi connectivity index (χ0v) is 19.3. The number of hydrogen-bond donors (Lipinski definition) is 1. The number of imidazole rings is 1. The topological polar surface area (TPSA) is 74.6 Å². The number of fused-ring (bicyclic) bond motifs is 3. The van der Waals surface area contributed by atoms with E-state index in [1.807, 2.05) is 49.4 Å². The number of nitrogens with one attached hydrogen (secondary N) is 1. The van der Waals surface area contributed by atoms with Gasteiger partial charge in [0, 0.05) is 11.3 Å². The first-order valence-electron chi connectivity index (χ1n) is 11.5. The van der Waals surface area contributed by atoms with Crippen molar-refractivity contribution < 1.29 is 19.0 Å². The van der Waals surface area contributed by atoms with Crippen LogP contribution < -0.4 is 14.8 Å². The van der Waals surface area contributed by atoms with Crippen LogP contribution in [0.4, 0.5) is 5.95 Å². The summed E-state index contributed by atoms with van der Waals surface area (Å²) < 4.78 is 19.3. The van der Waals surface area contributed by atoms with Crippen LogP contribution in [0.1, 0.15) is 50.6 Å². The number of hydrogen-bond acceptors (Lipinski definition) is 6. The predicted octanol–water partition coefficient (Wildman–Crippen LogP) is 5.22. The standard InChI is InChI=1S/C26H29N3O4/c1-16-23(25(30)33-17-9-5-4-6-10-17)24(19-15-18(31-2)13-14-22(19)32-3)29-21-12-8-7-11-20(21)28-26(29)27-16/h7-8,11-15,17,24H,4-6,9-10H2,1-3H3,(H,27,28). The number of para-hydroxylation sites is 2. The van der Waals surface area contributed by atoms with Crippen LogP contribution in [0.2, 0.25) is 0 Å². The largest absolute Gasteiger partial charge is 0.497 e. The van der Waals surface area contributed by atoms with Crippen LogP contribution in [0.25, 0.3) is 11.0 Å². The maximum absolute atomic E-state index is 13.7. The van der Waals surface area contributed by atoms with Gasteiger partial charge < -0.3 is 19.5 Å². The van der Waals surface area contributed by atoms with Crippen molar-refractivity contribution in [1.82, 2.24) is 9.55 Å². The van der Waals surface area contributed by atoms with Crippen molar-refractivity contribution >= 4 is 23.0 Å². The number of esters is 1. The summed E-state index contributed by atoms with van der Waals surface area (Å²) >= 11 is 0. The molecule has 0 amide bonds. The maximum atomic E-state index is 13.7. The van der Waals surface area contributed by atoms with E-state index in [1.165, 1.54) is 6.42 Å². The van der Waals surface area contributed by atoms with Crippen molar-refractivity contribution in [3.8, 4) is 11.5 Å². The van der Waals surface area contributed by atoms with Crippen LogP contribution in [0.3, 0.4) is 0 Å². The molecule has 1 unspecified atom stereocenters. The molecule has 1 atom stereocenters. The summed E-state index contributed by atoms with van der Waals surface area (Å²) in [4.78, 5) is 18.4. The average Bonchev–Trinajstić information content (AvgIpc) is 3.21. The molecule has 172 valence electrons. The Kier molecular flexibility index (Phi) is 5.70. The third kappa shape index (κ3) is 3.81. The summed E-state index contributed by atoms with van der Waals surface area (Å²) in [6, 6.07) is 13.1. The lowest BCUT2D eigenvalue weighted by atomic mass is 9.93. The highest BCUT2D eigenvalue weighted by Crippen LogP contribution is 2.43. The van der Waals surface area contributed by atoms with E-state index in [0.29, 0.717) is 23.0 Å². The van der Waals surface area contributed by atoms with Gasteiger partial charge in [0.15, 0.2) is 0 Å². The van der Waals surface area contributed by atoms with Gasteiger partial charge in [0.25, 0.3) is 0 Å². The van der Waals surface area contributed by atoms with Crippen LogP contribution in [-0.2, 0) is 9.53 Å². The summed E-state index contributed by atoms with van der Waals surface area (Å²) in [6.07, 6.45) is 5.18. The quantitative estimate of drug-likeness (QED) is 0.541. The zero-order valence-electron chi connectivity index (χ0n) is 19.3. The number of nitrogens with zero attached hydrogens (tertiary/aromatic N) is 2. The predicted molar refractivity (Wildman–Crippen MR) is 127 cm³/mol. The van der Waals surface area contributed by atoms with E-state index in [-0.39, 0.29) is 12.1 Å². The van der Waals surface area contributed by atoms with E-state index in [1.54, 1.807) is 14.2 Å². The second kappa shape index (κ2) is 8.81. The van der Waals surface area contributed by atoms with Crippen molar-refractivity contribution in [3.63, 3.8) is 0 Å². The number of carbonyl (C=O) groups is 1. The molecular formula is C26H29N3O4. The first kappa shape index (κ1) is 21.4. The Balaban J connectivity index is 1.68. The number of rotatable bonds is 5. The lowest BCUT2D eigenvalue weighted by Gasteiger charge is -2.32. The summed E-state index contributed by atoms with van der Waals surface area (Å²) in [6.45, 7) is 1.90. The van der Waals surface area contributed by atoms with Gasteiger partial charge in [0.1, 0.15) is 17.6 Å². The van der Waals surface area contributed by atoms with E-state index in [9.17, 15) is 4.79 Å². The molecule has 1 N–H and O–H groups in total. The third-order valence-corrected chi connectivity index (χ3v) is 6.61. The molecule has 1 aromatic heterocycles. The van der Waals surface area contributed by atoms with Gasteiger partial charge in [-0.15, -0.1) is 0 Å². The van der Waals surface area contributed by atoms with Gasteiger partial charge in [-0.3, -0.25) is 4.57 Å². The molecule has 5 rings (SSSR count). The normalized spacial score (nSPS) is 18.6. The van der Waals surface area contributed by atoms with Gasteiger partial charge in [-0.2, -0.15) is 0 Å². The second-order valence-corrected chi connectivity index (χ2v) is 8.63. The fourth-order valence-electron chi connectivity index (χ4n) is 4.97. The molecule has 3 aromatic rings. The average molecular weight is 448 g/mol. The van der Waals surface area contributed by atoms with Crippen molar-refractivity contribution in [3.05, 3.63) is 59.3 Å². The van der Waals surface area contributed by atoms with Gasteiger partial charge in [-0.25, -0.2) is 9.78 Å². The highest BCUT2D eigenvalue weighted by Gasteiger charge is 2.37. The Bertz CT molecular complexity index is 1220. The monoisotopic (exact) mass is 447 g/mol. The van der Waals surface area contributed by atoms with Crippen LogP contribution in [-0.4, -0.2) is 35.8 Å². The highest BCUT2D eigenvalue weighted by molar-refractivity contribution is 5.94. The smallest absolute Gasteiger partial charge is 0.338 e. The van der Waals surface area contributed by atoms with Crippen LogP contribution >= 0.6 is 0 Å². The molecule has 1 saturated carbocycles. The van der Waals surface area contributed by atoms with Crippen LogP contribution in [0.15, 0.2) is 53.7 Å². The Labute approximate surface area is 193 Å². The fourth-order valence-corrected chi connectivity index (χ4v) is 4.97. The van der Waals surface area contributed by atoms with Gasteiger partial charge in [0.05, 0.1) is 36.9 Å². The minimum atomic E-state index is -0.477. The Morgan fingerprint density at radius 2 is 1.85 bits per heavy atom. The van der Waals surface area contributed by atoms with E-state index in [0.717, 1.165) is 48.0 Å². The van der Waals surface area contributed by atoms with Crippen molar-refractivity contribution in [1.29, 1.82) is 0 Å². The first-order chi connectivity index (χ1) is 16.1. The Hall–Kier alpha value is -3.48. The zero-order chi connectivity index (χ0) is 22.9. The minimum Gasteiger partial charge on any atom is -0.497 e. The van der Waals surface area contributed by atoms with E-state index in [2.05, 4.69) is 9.88 Å². The van der Waals surface area contributed by atoms with Gasteiger partial charge in [-0.1, -0.05) is 18.6 Å². The molecule has 7 heteroatoms. The van der Waals surface area contributed by atoms with E-state index in [4.69, 9.17) is 19.2 Å². The molecule has 7 nitrogen and oxygen atoms in total. The van der Waals surface area contributed by atoms with Crippen LogP contribution in [0.5, 0.6) is 11.5 Å². The van der Waals surface area contributed by atoms with Gasteiger partial charge in [0.2, 0.25) is 5.95 Å². The number of carbonyl (C=O) groups excluding carboxylic acids is 1. The SMILES string of the molecule is COc1ccc(OC)c(C2C(C(=O)OC3CCCCC3)=C(C)Nc3nc4ccccc4n32)c1. The first-order valence-corrected chi connectivity index (χ1v) is 11.5. The molecule has 1 fully saturated rings. The second-order valence-electron chi connectivity index (χ2n) is 8.63. The number of anilines is 1. The number of ether oxygens (including phenoxy) is 3. The Morgan fingerprint density at radius 1 is 1.06 bits per heavy atom. The molecule has 0 saturated heterocycles. The molecular weight excluding hydrogens is 418 g/mol. The molecule has 1 aliphatic carbocycles. The number of allylic oxidation sites excluding steroid dienone is 1. The lowest BCUT2D eigenvalue weighted by molar-refractivity contribution is -0.146. The van der Waals surface area contributed by atoms with Crippen molar-refractivity contribution in [2.45, 2.75) is 51.2 Å². The van der Waals surface area contributed by atoms with Crippen molar-refractivity contribution in [2.75, 3.05) is 19.5 Å². The van der Waals surface area contributed by atoms with Crippen LogP contribution in [0, 0.1) is 0 Å². The van der Waals surface area contributed by atoms with Gasteiger partial charge in [-0.05, 0) is 62.9 Å². The molecule has 1 aliphatic heterocycles. The molecule has 0 bridgehead atoms. The summed E-state index contributed by atoms with van der Waals surface area (Å²) in [5.74, 6) is 1.73. The number of methoxy groups -OCH3 is 2. The number of benzene rings is 2. The molecule has 2 aromatic carbocycles. The molecule has 33 heavy (non-hydrogen) atoms. The molecule has 0 spiro atoms. The Morgan fingerprint density at radius 3 is 2.61 bits per heavy atom. The van der Waals surface area contributed by atoms with E-state index >= 15 is 0 Å². The fraction of sp³-hybridized carbons (Fsp3) is 0.385. The molecule has 0 radical (unpaired) electrons. The minimum absolute atomic E-state index is 0.0414. The van der Waals surface area contributed by atoms with Crippen molar-refractivity contribution in [2.24, 2.45) is 0 Å². The highest BCUT2D eigenvalue weighted by atomic mass is 16.5. The summed E-state index contributed by atoms with van der Waals surface area (Å²) in [5, 5.41) is 3.34. The molecule has 2 aliphatic rings. The van der Waals surface area contributed by atoms with E-state index < -0.39 is 6.04 Å². The lowest BCUT2D eigenvalue weighted by Crippen LogP contribution is -2.31. The molecule has 2 heterocycles. The van der Waals surface area contributed by atoms with Gasteiger partial charge >= 0.3 is 5.97 Å². The number of aromatic nitrogens is 2. The summed E-state index contributed by atoms with van der Waals surface area (Å²) in [5.41, 5.74) is 3.88. The summed E-state index contributed by atoms with van der Waals surface area (Å²) in [7, 11) is 3.27.